The molecule has 0 heterocycles. The normalized spacial score (nSPS) is 18.0. The van der Waals surface area contributed by atoms with Crippen LogP contribution in [0.25, 0.3) is 0 Å². The van der Waals surface area contributed by atoms with Gasteiger partial charge in [0.15, 0.2) is 0 Å². The third-order valence-corrected chi connectivity index (χ3v) is 4.39. The largest absolute Gasteiger partial charge is 0.481 e. The van der Waals surface area contributed by atoms with Crippen molar-refractivity contribution in [2.75, 3.05) is 6.54 Å². The Morgan fingerprint density at radius 3 is 2.33 bits per heavy atom. The first-order valence-electron chi connectivity index (χ1n) is 8.06. The first kappa shape index (κ1) is 17.8. The van der Waals surface area contributed by atoms with Crippen LogP contribution in [0.4, 0.5) is 4.79 Å². The van der Waals surface area contributed by atoms with Crippen LogP contribution in [0.5, 0.6) is 0 Å². The zero-order valence-corrected chi connectivity index (χ0v) is 13.6. The zero-order chi connectivity index (χ0) is 15.9. The molecule has 1 fully saturated rings. The van der Waals surface area contributed by atoms with Crippen LogP contribution in [-0.4, -0.2) is 29.2 Å². The predicted octanol–water partition coefficient (Wildman–Crippen LogP) is 3.29. The molecule has 0 saturated heterocycles. The number of rotatable bonds is 7. The van der Waals surface area contributed by atoms with Crippen LogP contribution in [0.2, 0.25) is 0 Å². The summed E-state index contributed by atoms with van der Waals surface area (Å²) in [5.74, 6) is -0.773. The van der Waals surface area contributed by atoms with Gasteiger partial charge in [-0.3, -0.25) is 4.79 Å². The van der Waals surface area contributed by atoms with Gasteiger partial charge in [-0.15, -0.1) is 0 Å². The number of amides is 2. The Kier molecular flexibility index (Phi) is 6.49. The molecular weight excluding hydrogens is 268 g/mol. The Morgan fingerprint density at radius 2 is 1.81 bits per heavy atom. The monoisotopic (exact) mass is 298 g/mol. The minimum atomic E-state index is -0.773. The van der Waals surface area contributed by atoms with Crippen molar-refractivity contribution in [2.24, 2.45) is 5.41 Å². The lowest BCUT2D eigenvalue weighted by Crippen LogP contribution is -2.51. The van der Waals surface area contributed by atoms with E-state index in [1.807, 2.05) is 13.8 Å². The van der Waals surface area contributed by atoms with E-state index in [-0.39, 0.29) is 23.4 Å². The molecule has 0 bridgehead atoms. The summed E-state index contributed by atoms with van der Waals surface area (Å²) in [6.07, 6.45) is 7.12. The molecule has 0 radical (unpaired) electrons. The summed E-state index contributed by atoms with van der Waals surface area (Å²) in [6.45, 7) is 6.55. The zero-order valence-electron chi connectivity index (χ0n) is 13.6. The number of carbonyl (C=O) groups excluding carboxylic acids is 1. The van der Waals surface area contributed by atoms with Gasteiger partial charge in [-0.2, -0.15) is 0 Å². The highest BCUT2D eigenvalue weighted by Gasteiger charge is 2.35. The van der Waals surface area contributed by atoms with Crippen molar-refractivity contribution in [2.45, 2.75) is 77.7 Å². The predicted molar refractivity (Wildman–Crippen MR) is 83.3 cm³/mol. The molecule has 0 spiro atoms. The third kappa shape index (κ3) is 6.36. The highest BCUT2D eigenvalue weighted by molar-refractivity contribution is 5.75. The van der Waals surface area contributed by atoms with Crippen molar-refractivity contribution in [1.29, 1.82) is 0 Å². The molecule has 1 rings (SSSR count). The minimum absolute atomic E-state index is 0.144. The lowest BCUT2D eigenvalue weighted by atomic mass is 9.72. The molecule has 0 aromatic heterocycles. The maximum absolute atomic E-state index is 12.0. The Labute approximate surface area is 127 Å². The summed E-state index contributed by atoms with van der Waals surface area (Å²) >= 11 is 0. The topological polar surface area (TPSA) is 78.4 Å². The number of carboxylic acid groups (broad SMARTS) is 1. The first-order chi connectivity index (χ1) is 9.79. The number of carbonyl (C=O) groups is 2. The van der Waals surface area contributed by atoms with E-state index in [1.54, 1.807) is 0 Å². The van der Waals surface area contributed by atoms with Crippen molar-refractivity contribution >= 4 is 12.0 Å². The summed E-state index contributed by atoms with van der Waals surface area (Å²) in [4.78, 5) is 23.1. The molecule has 0 atom stereocenters. The van der Waals surface area contributed by atoms with Gasteiger partial charge in [0.05, 0.1) is 6.42 Å². The maximum Gasteiger partial charge on any atom is 0.315 e. The number of urea groups is 1. The molecule has 21 heavy (non-hydrogen) atoms. The second-order valence-corrected chi connectivity index (χ2v) is 7.07. The van der Waals surface area contributed by atoms with Crippen LogP contribution in [0.1, 0.15) is 72.1 Å². The Morgan fingerprint density at radius 1 is 1.19 bits per heavy atom. The number of carboxylic acids is 1. The van der Waals surface area contributed by atoms with E-state index in [9.17, 15) is 9.59 Å². The molecule has 5 nitrogen and oxygen atoms in total. The van der Waals surface area contributed by atoms with E-state index in [0.29, 0.717) is 6.54 Å². The lowest BCUT2D eigenvalue weighted by molar-refractivity contribution is -0.140. The van der Waals surface area contributed by atoms with Crippen LogP contribution in [-0.2, 0) is 4.79 Å². The fraction of sp³-hybridized carbons (Fsp3) is 0.875. The van der Waals surface area contributed by atoms with E-state index in [0.717, 1.165) is 44.9 Å². The summed E-state index contributed by atoms with van der Waals surface area (Å²) in [7, 11) is 0. The van der Waals surface area contributed by atoms with E-state index >= 15 is 0 Å². The summed E-state index contributed by atoms with van der Waals surface area (Å²) < 4.78 is 0. The van der Waals surface area contributed by atoms with Gasteiger partial charge < -0.3 is 15.7 Å². The van der Waals surface area contributed by atoms with Crippen LogP contribution < -0.4 is 10.6 Å². The smallest absolute Gasteiger partial charge is 0.315 e. The second kappa shape index (κ2) is 7.66. The molecule has 0 aromatic carbocycles. The molecule has 1 aliphatic carbocycles. The van der Waals surface area contributed by atoms with Gasteiger partial charge in [-0.05, 0) is 38.5 Å². The Balaban J connectivity index is 2.52. The fourth-order valence-corrected chi connectivity index (χ4v) is 3.35. The van der Waals surface area contributed by atoms with Crippen molar-refractivity contribution < 1.29 is 14.7 Å². The van der Waals surface area contributed by atoms with Gasteiger partial charge >= 0.3 is 12.0 Å². The van der Waals surface area contributed by atoms with Gasteiger partial charge in [-0.25, -0.2) is 4.79 Å². The molecule has 3 N–H and O–H groups in total. The molecule has 122 valence electrons. The van der Waals surface area contributed by atoms with Gasteiger partial charge in [0.1, 0.15) is 0 Å². The molecule has 0 aliphatic heterocycles. The van der Waals surface area contributed by atoms with E-state index < -0.39 is 5.97 Å². The van der Waals surface area contributed by atoms with Crippen LogP contribution >= 0.6 is 0 Å². The van der Waals surface area contributed by atoms with Crippen LogP contribution in [0.15, 0.2) is 0 Å². The number of hydrogen-bond donors (Lipinski definition) is 3. The standard InChI is InChI=1S/C16H30N2O3/c1-4-8-15(2,3)18-14(21)17-12-16(11-13(19)20)9-6-5-7-10-16/h4-12H2,1-3H3,(H,19,20)(H2,17,18,21). The van der Waals surface area contributed by atoms with Gasteiger partial charge in [-0.1, -0.05) is 32.6 Å². The molecule has 1 aliphatic rings. The summed E-state index contributed by atoms with van der Waals surface area (Å²) in [5, 5.41) is 15.0. The van der Waals surface area contributed by atoms with Crippen molar-refractivity contribution in [3.05, 3.63) is 0 Å². The average molecular weight is 298 g/mol. The summed E-state index contributed by atoms with van der Waals surface area (Å²) in [5.41, 5.74) is -0.498. The molecule has 0 unspecified atom stereocenters. The molecule has 5 heteroatoms. The minimum Gasteiger partial charge on any atom is -0.481 e. The SMILES string of the molecule is CCCC(C)(C)NC(=O)NCC1(CC(=O)O)CCCCC1. The summed E-state index contributed by atoms with van der Waals surface area (Å²) in [6, 6.07) is -0.191. The average Bonchev–Trinajstić information content (AvgIpc) is 2.36. The molecular formula is C16H30N2O3. The van der Waals surface area contributed by atoms with Crippen molar-refractivity contribution in [3.63, 3.8) is 0 Å². The lowest BCUT2D eigenvalue weighted by Gasteiger charge is -2.36. The number of nitrogens with one attached hydrogen (secondary N) is 2. The van der Waals surface area contributed by atoms with Crippen molar-refractivity contribution in [1.82, 2.24) is 10.6 Å². The van der Waals surface area contributed by atoms with Crippen LogP contribution in [0.3, 0.4) is 0 Å². The Hall–Kier alpha value is -1.26. The van der Waals surface area contributed by atoms with Crippen molar-refractivity contribution in [3.8, 4) is 0 Å². The van der Waals surface area contributed by atoms with Gasteiger partial charge in [0.25, 0.3) is 0 Å². The van der Waals surface area contributed by atoms with Gasteiger partial charge in [0, 0.05) is 12.1 Å². The number of aliphatic carboxylic acids is 1. The second-order valence-electron chi connectivity index (χ2n) is 7.07. The highest BCUT2D eigenvalue weighted by atomic mass is 16.4. The third-order valence-electron chi connectivity index (χ3n) is 4.39. The maximum atomic E-state index is 12.0. The van der Waals surface area contributed by atoms with Crippen LogP contribution in [0, 0.1) is 5.41 Å². The number of hydrogen-bond acceptors (Lipinski definition) is 2. The first-order valence-corrected chi connectivity index (χ1v) is 8.06. The van der Waals surface area contributed by atoms with E-state index in [1.165, 1.54) is 0 Å². The highest BCUT2D eigenvalue weighted by Crippen LogP contribution is 2.38. The fourth-order valence-electron chi connectivity index (χ4n) is 3.35. The van der Waals surface area contributed by atoms with E-state index in [2.05, 4.69) is 17.6 Å². The molecule has 1 saturated carbocycles. The Bertz CT molecular complexity index is 361. The molecule has 2 amide bonds. The van der Waals surface area contributed by atoms with E-state index in [4.69, 9.17) is 5.11 Å². The quantitative estimate of drug-likeness (QED) is 0.675. The van der Waals surface area contributed by atoms with Gasteiger partial charge in [0.2, 0.25) is 0 Å². The molecule has 0 aromatic rings.